The summed E-state index contributed by atoms with van der Waals surface area (Å²) in [7, 11) is 0. The monoisotopic (exact) mass is 389 g/mol. The Hall–Kier alpha value is -3.15. The molecule has 0 atom stereocenters. The van der Waals surface area contributed by atoms with E-state index in [-0.39, 0.29) is 0 Å². The molecule has 6 nitrogen and oxygen atoms in total. The first kappa shape index (κ1) is 16.1. The molecular formula is C19H11N5OS2. The molecule has 4 aromatic heterocycles. The SMILES string of the molecule is Cc1cc(Sc2nnc(-c3cccs3)o2)n2c(nc3ccccc32)c1C#N. The van der Waals surface area contributed by atoms with Crippen LogP contribution in [-0.2, 0) is 0 Å². The molecule has 8 heteroatoms. The molecule has 0 bridgehead atoms. The molecule has 0 aliphatic carbocycles. The van der Waals surface area contributed by atoms with Crippen molar-refractivity contribution in [2.45, 2.75) is 17.2 Å². The Kier molecular flexibility index (Phi) is 3.70. The molecule has 4 heterocycles. The zero-order valence-corrected chi connectivity index (χ0v) is 15.7. The quantitative estimate of drug-likeness (QED) is 0.435. The first-order chi connectivity index (χ1) is 13.2. The van der Waals surface area contributed by atoms with Gasteiger partial charge in [-0.2, -0.15) is 5.26 Å². The topological polar surface area (TPSA) is 80.0 Å². The number of imidazole rings is 1. The van der Waals surface area contributed by atoms with Crippen molar-refractivity contribution in [3.05, 3.63) is 59.0 Å². The van der Waals surface area contributed by atoms with Gasteiger partial charge in [0.25, 0.3) is 11.1 Å². The number of thiophene rings is 1. The number of hydrogen-bond acceptors (Lipinski definition) is 7. The fourth-order valence-electron chi connectivity index (χ4n) is 2.97. The van der Waals surface area contributed by atoms with Crippen LogP contribution in [0.15, 0.2) is 62.5 Å². The number of rotatable bonds is 3. The standard InChI is InChI=1S/C19H11N5OS2/c1-11-9-16(27-19-23-22-18(25-19)15-7-4-8-26-15)24-14-6-3-2-5-13(14)21-17(24)12(11)10-20/h2-9H,1H3. The molecule has 0 N–H and O–H groups in total. The van der Waals surface area contributed by atoms with Crippen molar-refractivity contribution < 1.29 is 4.42 Å². The molecule has 27 heavy (non-hydrogen) atoms. The third-order valence-electron chi connectivity index (χ3n) is 4.18. The lowest BCUT2D eigenvalue weighted by Crippen LogP contribution is -1.96. The van der Waals surface area contributed by atoms with Crippen LogP contribution < -0.4 is 0 Å². The second-order valence-electron chi connectivity index (χ2n) is 5.86. The Morgan fingerprint density at radius 3 is 2.89 bits per heavy atom. The lowest BCUT2D eigenvalue weighted by atomic mass is 10.2. The van der Waals surface area contributed by atoms with Gasteiger partial charge < -0.3 is 4.42 Å². The van der Waals surface area contributed by atoms with E-state index in [1.165, 1.54) is 11.8 Å². The minimum Gasteiger partial charge on any atom is -0.410 e. The molecule has 0 spiro atoms. The Bertz CT molecular complexity index is 1330. The Morgan fingerprint density at radius 1 is 1.19 bits per heavy atom. The average Bonchev–Trinajstić information content (AvgIpc) is 3.41. The summed E-state index contributed by atoms with van der Waals surface area (Å²) >= 11 is 2.92. The number of fused-ring (bicyclic) bond motifs is 3. The fraction of sp³-hybridized carbons (Fsp3) is 0.0526. The zero-order chi connectivity index (χ0) is 18.4. The zero-order valence-electron chi connectivity index (χ0n) is 14.1. The van der Waals surface area contributed by atoms with Gasteiger partial charge in [0.05, 0.1) is 26.5 Å². The van der Waals surface area contributed by atoms with E-state index in [0.29, 0.717) is 22.3 Å². The summed E-state index contributed by atoms with van der Waals surface area (Å²) in [6.45, 7) is 1.91. The van der Waals surface area contributed by atoms with E-state index < -0.39 is 0 Å². The van der Waals surface area contributed by atoms with E-state index in [2.05, 4.69) is 21.3 Å². The number of para-hydroxylation sites is 2. The van der Waals surface area contributed by atoms with Gasteiger partial charge in [0.1, 0.15) is 6.07 Å². The van der Waals surface area contributed by atoms with Gasteiger partial charge in [0.15, 0.2) is 5.65 Å². The van der Waals surface area contributed by atoms with Crippen LogP contribution in [0.4, 0.5) is 0 Å². The molecule has 0 aliphatic heterocycles. The molecule has 5 aromatic rings. The van der Waals surface area contributed by atoms with Crippen molar-refractivity contribution in [3.63, 3.8) is 0 Å². The van der Waals surface area contributed by atoms with Gasteiger partial charge in [-0.15, -0.1) is 21.5 Å². The third kappa shape index (κ3) is 2.60. The molecule has 0 saturated heterocycles. The first-order valence-electron chi connectivity index (χ1n) is 8.11. The minimum absolute atomic E-state index is 0.446. The van der Waals surface area contributed by atoms with Crippen LogP contribution in [0.3, 0.4) is 0 Å². The Labute approximate surface area is 162 Å². The largest absolute Gasteiger partial charge is 0.410 e. The number of aromatic nitrogens is 4. The Morgan fingerprint density at radius 2 is 2.07 bits per heavy atom. The fourth-order valence-corrected chi connectivity index (χ4v) is 4.51. The van der Waals surface area contributed by atoms with Crippen LogP contribution in [-0.4, -0.2) is 19.6 Å². The smallest absolute Gasteiger partial charge is 0.283 e. The van der Waals surface area contributed by atoms with E-state index in [0.717, 1.165) is 26.5 Å². The second kappa shape index (κ2) is 6.23. The van der Waals surface area contributed by atoms with Crippen LogP contribution in [0.1, 0.15) is 11.1 Å². The second-order valence-corrected chi connectivity index (χ2v) is 7.78. The molecule has 1 aromatic carbocycles. The van der Waals surface area contributed by atoms with Crippen molar-refractivity contribution in [2.24, 2.45) is 0 Å². The minimum atomic E-state index is 0.446. The molecule has 0 saturated carbocycles. The van der Waals surface area contributed by atoms with E-state index >= 15 is 0 Å². The molecule has 0 radical (unpaired) electrons. The number of nitriles is 1. The highest BCUT2D eigenvalue weighted by Gasteiger charge is 2.18. The maximum Gasteiger partial charge on any atom is 0.283 e. The van der Waals surface area contributed by atoms with Gasteiger partial charge in [0.2, 0.25) is 0 Å². The van der Waals surface area contributed by atoms with Crippen molar-refractivity contribution >= 4 is 39.8 Å². The van der Waals surface area contributed by atoms with Gasteiger partial charge in [-0.3, -0.25) is 4.40 Å². The summed E-state index contributed by atoms with van der Waals surface area (Å²) in [5, 5.41) is 21.2. The Balaban J connectivity index is 1.68. The van der Waals surface area contributed by atoms with Crippen molar-refractivity contribution in [2.75, 3.05) is 0 Å². The number of benzene rings is 1. The van der Waals surface area contributed by atoms with Gasteiger partial charge >= 0.3 is 0 Å². The van der Waals surface area contributed by atoms with Crippen LogP contribution >= 0.6 is 23.1 Å². The summed E-state index contributed by atoms with van der Waals surface area (Å²) in [6.07, 6.45) is 0. The van der Waals surface area contributed by atoms with Crippen molar-refractivity contribution in [1.82, 2.24) is 19.6 Å². The average molecular weight is 389 g/mol. The van der Waals surface area contributed by atoms with E-state index in [1.807, 2.05) is 59.2 Å². The highest BCUT2D eigenvalue weighted by molar-refractivity contribution is 7.99. The summed E-state index contributed by atoms with van der Waals surface area (Å²) in [5.74, 6) is 0.504. The van der Waals surface area contributed by atoms with E-state index in [9.17, 15) is 5.26 Å². The maximum absolute atomic E-state index is 9.58. The molecule has 0 fully saturated rings. The summed E-state index contributed by atoms with van der Waals surface area (Å²) in [5.41, 5.74) is 3.84. The van der Waals surface area contributed by atoms with Gasteiger partial charge in [0, 0.05) is 0 Å². The first-order valence-corrected chi connectivity index (χ1v) is 9.80. The third-order valence-corrected chi connectivity index (χ3v) is 5.89. The summed E-state index contributed by atoms with van der Waals surface area (Å²) in [4.78, 5) is 5.59. The lowest BCUT2D eigenvalue weighted by Gasteiger charge is -2.07. The highest BCUT2D eigenvalue weighted by Crippen LogP contribution is 2.34. The van der Waals surface area contributed by atoms with Crippen molar-refractivity contribution in [3.8, 4) is 16.8 Å². The van der Waals surface area contributed by atoms with E-state index in [1.54, 1.807) is 11.3 Å². The summed E-state index contributed by atoms with van der Waals surface area (Å²) in [6, 6.07) is 15.9. The lowest BCUT2D eigenvalue weighted by molar-refractivity contribution is 0.466. The van der Waals surface area contributed by atoms with Gasteiger partial charge in [-0.1, -0.05) is 18.2 Å². The number of aryl methyl sites for hydroxylation is 1. The van der Waals surface area contributed by atoms with Crippen LogP contribution in [0.25, 0.3) is 27.4 Å². The number of pyridine rings is 1. The van der Waals surface area contributed by atoms with Crippen LogP contribution in [0, 0.1) is 18.3 Å². The molecule has 130 valence electrons. The number of hydrogen-bond donors (Lipinski definition) is 0. The van der Waals surface area contributed by atoms with Crippen molar-refractivity contribution in [1.29, 1.82) is 5.26 Å². The predicted octanol–water partition coefficient (Wildman–Crippen LogP) is 4.93. The highest BCUT2D eigenvalue weighted by atomic mass is 32.2. The molecule has 0 unspecified atom stereocenters. The van der Waals surface area contributed by atoms with Gasteiger partial charge in [-0.05, 0) is 53.9 Å². The van der Waals surface area contributed by atoms with Crippen LogP contribution in [0.2, 0.25) is 0 Å². The van der Waals surface area contributed by atoms with Gasteiger partial charge in [-0.25, -0.2) is 4.98 Å². The molecular weight excluding hydrogens is 378 g/mol. The predicted molar refractivity (Wildman–Crippen MR) is 104 cm³/mol. The van der Waals surface area contributed by atoms with Crippen LogP contribution in [0.5, 0.6) is 0 Å². The molecule has 0 amide bonds. The van der Waals surface area contributed by atoms with E-state index in [4.69, 9.17) is 4.42 Å². The summed E-state index contributed by atoms with van der Waals surface area (Å²) < 4.78 is 7.79. The maximum atomic E-state index is 9.58. The molecule has 5 rings (SSSR count). The molecule has 0 aliphatic rings. The normalized spacial score (nSPS) is 11.3. The number of nitrogens with zero attached hydrogens (tertiary/aromatic N) is 5.